The van der Waals surface area contributed by atoms with E-state index in [9.17, 15) is 9.59 Å². The highest BCUT2D eigenvalue weighted by atomic mass is 16.5. The van der Waals surface area contributed by atoms with E-state index in [0.29, 0.717) is 11.8 Å². The van der Waals surface area contributed by atoms with Crippen molar-refractivity contribution >= 4 is 11.8 Å². The Kier molecular flexibility index (Phi) is 9.37. The molecule has 34 heavy (non-hydrogen) atoms. The smallest absolute Gasteiger partial charge is 0.258 e. The zero-order chi connectivity index (χ0) is 24.5. The SMILES string of the molecule is CC(C)c1ccccc1OCC(=O)N[C@@H]1CCCC[C@H]1NC(=O)COc1ccccc1C(C)C. The molecular formula is C28H38N2O4. The van der Waals surface area contributed by atoms with E-state index in [-0.39, 0.29) is 37.1 Å². The van der Waals surface area contributed by atoms with Gasteiger partial charge in [0.05, 0.1) is 0 Å². The van der Waals surface area contributed by atoms with E-state index in [1.165, 1.54) is 0 Å². The Hall–Kier alpha value is -3.02. The molecule has 0 heterocycles. The van der Waals surface area contributed by atoms with Crippen LogP contribution in [-0.2, 0) is 9.59 Å². The first-order chi connectivity index (χ1) is 16.3. The van der Waals surface area contributed by atoms with Crippen molar-refractivity contribution < 1.29 is 19.1 Å². The fraction of sp³-hybridized carbons (Fsp3) is 0.500. The summed E-state index contributed by atoms with van der Waals surface area (Å²) >= 11 is 0. The summed E-state index contributed by atoms with van der Waals surface area (Å²) in [6, 6.07) is 15.4. The molecule has 0 spiro atoms. The normalized spacial score (nSPS) is 17.9. The highest BCUT2D eigenvalue weighted by Crippen LogP contribution is 2.27. The molecule has 0 bridgehead atoms. The first-order valence-corrected chi connectivity index (χ1v) is 12.4. The minimum absolute atomic E-state index is 0.0456. The van der Waals surface area contributed by atoms with Crippen LogP contribution in [-0.4, -0.2) is 37.1 Å². The van der Waals surface area contributed by atoms with E-state index in [1.807, 2.05) is 48.5 Å². The van der Waals surface area contributed by atoms with Crippen molar-refractivity contribution in [1.82, 2.24) is 10.6 Å². The molecule has 2 atom stereocenters. The zero-order valence-corrected chi connectivity index (χ0v) is 20.8. The molecule has 1 aliphatic carbocycles. The summed E-state index contributed by atoms with van der Waals surface area (Å²) in [6.45, 7) is 8.31. The highest BCUT2D eigenvalue weighted by Gasteiger charge is 2.28. The number of rotatable bonds is 10. The van der Waals surface area contributed by atoms with Crippen molar-refractivity contribution in [3.8, 4) is 11.5 Å². The number of hydrogen-bond donors (Lipinski definition) is 2. The summed E-state index contributed by atoms with van der Waals surface area (Å²) < 4.78 is 11.6. The molecule has 2 amide bonds. The van der Waals surface area contributed by atoms with E-state index in [2.05, 4.69) is 38.3 Å². The fourth-order valence-electron chi connectivity index (χ4n) is 4.44. The van der Waals surface area contributed by atoms with Gasteiger partial charge in [0.15, 0.2) is 13.2 Å². The summed E-state index contributed by atoms with van der Waals surface area (Å²) in [5.74, 6) is 1.75. The Morgan fingerprint density at radius 1 is 0.735 bits per heavy atom. The van der Waals surface area contributed by atoms with Gasteiger partial charge in [0, 0.05) is 12.1 Å². The van der Waals surface area contributed by atoms with Crippen LogP contribution in [0.5, 0.6) is 11.5 Å². The van der Waals surface area contributed by atoms with Gasteiger partial charge in [-0.25, -0.2) is 0 Å². The van der Waals surface area contributed by atoms with Crippen molar-refractivity contribution in [2.45, 2.75) is 77.3 Å². The Labute approximate surface area is 203 Å². The molecule has 6 heteroatoms. The minimum atomic E-state index is -0.174. The van der Waals surface area contributed by atoms with Crippen LogP contribution in [0.25, 0.3) is 0 Å². The van der Waals surface area contributed by atoms with Crippen molar-refractivity contribution in [3.63, 3.8) is 0 Å². The van der Waals surface area contributed by atoms with E-state index < -0.39 is 0 Å². The number of carbonyl (C=O) groups excluding carboxylic acids is 2. The van der Waals surface area contributed by atoms with E-state index in [1.54, 1.807) is 0 Å². The van der Waals surface area contributed by atoms with Gasteiger partial charge in [-0.15, -0.1) is 0 Å². The Balaban J connectivity index is 1.51. The summed E-state index contributed by atoms with van der Waals surface area (Å²) in [4.78, 5) is 25.3. The summed E-state index contributed by atoms with van der Waals surface area (Å²) in [6.07, 6.45) is 3.70. The lowest BCUT2D eigenvalue weighted by molar-refractivity contribution is -0.127. The fourth-order valence-corrected chi connectivity index (χ4v) is 4.44. The highest BCUT2D eigenvalue weighted by molar-refractivity contribution is 5.79. The average Bonchev–Trinajstić information content (AvgIpc) is 2.83. The number of amides is 2. The Morgan fingerprint density at radius 3 is 1.50 bits per heavy atom. The van der Waals surface area contributed by atoms with Gasteiger partial charge in [-0.1, -0.05) is 76.9 Å². The minimum Gasteiger partial charge on any atom is -0.483 e. The van der Waals surface area contributed by atoms with E-state index >= 15 is 0 Å². The standard InChI is InChI=1S/C28H38N2O4/c1-19(2)21-11-5-9-15-25(21)33-17-27(31)29-23-13-7-8-14-24(23)30-28(32)18-34-26-16-10-6-12-22(26)20(3)4/h5-6,9-12,15-16,19-20,23-24H,7-8,13-14,17-18H2,1-4H3,(H,29,31)(H,30,32)/t23-,24-/m1/s1. The molecule has 0 aliphatic heterocycles. The van der Waals surface area contributed by atoms with Gasteiger partial charge in [0.1, 0.15) is 11.5 Å². The van der Waals surface area contributed by atoms with Crippen molar-refractivity contribution in [2.24, 2.45) is 0 Å². The predicted octanol–water partition coefficient (Wildman–Crippen LogP) is 4.93. The second-order valence-corrected chi connectivity index (χ2v) is 9.59. The molecular weight excluding hydrogens is 428 g/mol. The molecule has 1 fully saturated rings. The second kappa shape index (κ2) is 12.4. The monoisotopic (exact) mass is 466 g/mol. The molecule has 1 aliphatic rings. The van der Waals surface area contributed by atoms with E-state index in [4.69, 9.17) is 9.47 Å². The number of para-hydroxylation sites is 2. The van der Waals surface area contributed by atoms with Crippen LogP contribution >= 0.6 is 0 Å². The first-order valence-electron chi connectivity index (χ1n) is 12.4. The summed E-state index contributed by atoms with van der Waals surface area (Å²) in [7, 11) is 0. The Morgan fingerprint density at radius 2 is 1.12 bits per heavy atom. The maximum atomic E-state index is 12.6. The molecule has 0 saturated heterocycles. The van der Waals surface area contributed by atoms with Gasteiger partial charge < -0.3 is 20.1 Å². The topological polar surface area (TPSA) is 76.7 Å². The predicted molar refractivity (Wildman–Crippen MR) is 134 cm³/mol. The number of nitrogens with one attached hydrogen (secondary N) is 2. The van der Waals surface area contributed by atoms with Crippen LogP contribution in [0.1, 0.15) is 76.3 Å². The number of benzene rings is 2. The molecule has 0 aromatic heterocycles. The summed E-state index contributed by atoms with van der Waals surface area (Å²) in [5, 5.41) is 6.14. The molecule has 0 unspecified atom stereocenters. The third-order valence-electron chi connectivity index (χ3n) is 6.26. The molecule has 184 valence electrons. The van der Waals surface area contributed by atoms with Crippen LogP contribution in [0, 0.1) is 0 Å². The molecule has 6 nitrogen and oxygen atoms in total. The lowest BCUT2D eigenvalue weighted by Crippen LogP contribution is -2.54. The maximum absolute atomic E-state index is 12.6. The molecule has 2 N–H and O–H groups in total. The molecule has 3 rings (SSSR count). The van der Waals surface area contributed by atoms with Gasteiger partial charge >= 0.3 is 0 Å². The van der Waals surface area contributed by atoms with Crippen molar-refractivity contribution in [1.29, 1.82) is 0 Å². The zero-order valence-electron chi connectivity index (χ0n) is 20.8. The first kappa shape index (κ1) is 25.6. The average molecular weight is 467 g/mol. The largest absolute Gasteiger partial charge is 0.483 e. The van der Waals surface area contributed by atoms with Gasteiger partial charge in [0.2, 0.25) is 0 Å². The molecule has 2 aromatic carbocycles. The van der Waals surface area contributed by atoms with Crippen LogP contribution in [0.15, 0.2) is 48.5 Å². The molecule has 0 radical (unpaired) electrons. The van der Waals surface area contributed by atoms with Gasteiger partial charge in [-0.3, -0.25) is 9.59 Å². The maximum Gasteiger partial charge on any atom is 0.258 e. The quantitative estimate of drug-likeness (QED) is 0.520. The van der Waals surface area contributed by atoms with Crippen LogP contribution < -0.4 is 20.1 Å². The Bertz CT molecular complexity index is 879. The van der Waals surface area contributed by atoms with Crippen LogP contribution in [0.4, 0.5) is 0 Å². The molecule has 1 saturated carbocycles. The second-order valence-electron chi connectivity index (χ2n) is 9.59. The van der Waals surface area contributed by atoms with Gasteiger partial charge in [-0.05, 0) is 47.9 Å². The lowest BCUT2D eigenvalue weighted by atomic mass is 9.90. The van der Waals surface area contributed by atoms with Crippen LogP contribution in [0.2, 0.25) is 0 Å². The van der Waals surface area contributed by atoms with Crippen molar-refractivity contribution in [3.05, 3.63) is 59.7 Å². The van der Waals surface area contributed by atoms with Gasteiger partial charge in [-0.2, -0.15) is 0 Å². The number of carbonyl (C=O) groups is 2. The number of ether oxygens (including phenoxy) is 2. The van der Waals surface area contributed by atoms with E-state index in [0.717, 1.165) is 48.3 Å². The lowest BCUT2D eigenvalue weighted by Gasteiger charge is -2.32. The van der Waals surface area contributed by atoms with Crippen molar-refractivity contribution in [2.75, 3.05) is 13.2 Å². The molecule has 2 aromatic rings. The third-order valence-corrected chi connectivity index (χ3v) is 6.26. The summed E-state index contributed by atoms with van der Waals surface area (Å²) in [5.41, 5.74) is 2.16. The van der Waals surface area contributed by atoms with Crippen LogP contribution in [0.3, 0.4) is 0 Å². The number of hydrogen-bond acceptors (Lipinski definition) is 4. The van der Waals surface area contributed by atoms with Gasteiger partial charge in [0.25, 0.3) is 11.8 Å². The third kappa shape index (κ3) is 7.24.